The Balaban J connectivity index is 2.99. The molecule has 12 heavy (non-hydrogen) atoms. The van der Waals surface area contributed by atoms with Crippen LogP contribution in [0.15, 0.2) is 18.7 Å². The number of thiophene rings is 1. The minimum absolute atomic E-state index is 0.230. The van der Waals surface area contributed by atoms with E-state index in [0.717, 1.165) is 11.3 Å². The molecule has 0 unspecified atom stereocenters. The Labute approximate surface area is 73.0 Å². The van der Waals surface area contributed by atoms with Crippen molar-refractivity contribution in [1.82, 2.24) is 0 Å². The maximum Gasteiger partial charge on any atom is 0.348 e. The first-order chi connectivity index (χ1) is 5.65. The average molecular weight is 186 g/mol. The van der Waals surface area contributed by atoms with E-state index in [1.165, 1.54) is 6.07 Å². The van der Waals surface area contributed by atoms with Gasteiger partial charge in [-0.3, -0.25) is 0 Å². The van der Waals surface area contributed by atoms with Crippen LogP contribution in [0.1, 0.15) is 14.5 Å². The summed E-state index contributed by atoms with van der Waals surface area (Å²) in [4.78, 5) is 10.8. The van der Waals surface area contributed by atoms with Crippen molar-refractivity contribution in [1.29, 1.82) is 0 Å². The first-order valence-corrected chi connectivity index (χ1v) is 4.09. The number of aromatic carboxylic acids is 1. The van der Waals surface area contributed by atoms with Gasteiger partial charge in [0, 0.05) is 4.88 Å². The van der Waals surface area contributed by atoms with Crippen molar-refractivity contribution in [3.8, 4) is 0 Å². The minimum atomic E-state index is -1.21. The Morgan fingerprint density at radius 1 is 1.83 bits per heavy atom. The molecule has 4 heteroatoms. The molecular formula is C8H7FO2S. The predicted molar refractivity (Wildman–Crippen MR) is 45.1 cm³/mol. The summed E-state index contributed by atoms with van der Waals surface area (Å²) in [6.45, 7) is 3.48. The van der Waals surface area contributed by atoms with Gasteiger partial charge in [0.15, 0.2) is 0 Å². The summed E-state index contributed by atoms with van der Waals surface area (Å²) >= 11 is 0.946. The second-order valence-electron chi connectivity index (χ2n) is 2.19. The monoisotopic (exact) mass is 186 g/mol. The first kappa shape index (κ1) is 8.93. The molecule has 0 spiro atoms. The van der Waals surface area contributed by atoms with Crippen LogP contribution >= 0.6 is 11.3 Å². The second kappa shape index (κ2) is 3.49. The SMILES string of the molecule is C=CCc1cc(F)c(C(=O)O)s1. The van der Waals surface area contributed by atoms with Crippen molar-refractivity contribution in [2.75, 3.05) is 0 Å². The lowest BCUT2D eigenvalue weighted by Crippen LogP contribution is -1.93. The first-order valence-electron chi connectivity index (χ1n) is 3.27. The zero-order chi connectivity index (χ0) is 9.14. The van der Waals surface area contributed by atoms with Gasteiger partial charge in [0.1, 0.15) is 10.7 Å². The van der Waals surface area contributed by atoms with E-state index < -0.39 is 11.8 Å². The average Bonchev–Trinajstić information content (AvgIpc) is 2.32. The van der Waals surface area contributed by atoms with Crippen LogP contribution < -0.4 is 0 Å². The number of hydrogen-bond acceptors (Lipinski definition) is 2. The van der Waals surface area contributed by atoms with Crippen LogP contribution in [-0.4, -0.2) is 11.1 Å². The summed E-state index contributed by atoms with van der Waals surface area (Å²) in [6.07, 6.45) is 2.12. The summed E-state index contributed by atoms with van der Waals surface area (Å²) in [5.41, 5.74) is 0. The van der Waals surface area contributed by atoms with Gasteiger partial charge in [0.25, 0.3) is 0 Å². The Hall–Kier alpha value is -1.16. The third-order valence-corrected chi connectivity index (χ3v) is 2.40. The fourth-order valence-electron chi connectivity index (χ4n) is 0.805. The highest BCUT2D eigenvalue weighted by atomic mass is 32.1. The number of hydrogen-bond donors (Lipinski definition) is 1. The van der Waals surface area contributed by atoms with Gasteiger partial charge >= 0.3 is 5.97 Å². The van der Waals surface area contributed by atoms with E-state index in [4.69, 9.17) is 5.11 Å². The minimum Gasteiger partial charge on any atom is -0.477 e. The maximum absolute atomic E-state index is 12.8. The molecule has 1 aromatic heterocycles. The molecule has 2 nitrogen and oxygen atoms in total. The van der Waals surface area contributed by atoms with Crippen LogP contribution in [0.2, 0.25) is 0 Å². The van der Waals surface area contributed by atoms with Crippen molar-refractivity contribution in [3.05, 3.63) is 34.3 Å². The van der Waals surface area contributed by atoms with Crippen molar-refractivity contribution >= 4 is 17.3 Å². The summed E-state index contributed by atoms with van der Waals surface area (Å²) in [6, 6.07) is 1.23. The van der Waals surface area contributed by atoms with Crippen LogP contribution in [-0.2, 0) is 6.42 Å². The van der Waals surface area contributed by atoms with Crippen LogP contribution in [0, 0.1) is 5.82 Å². The number of rotatable bonds is 3. The zero-order valence-corrected chi connectivity index (χ0v) is 7.03. The predicted octanol–water partition coefficient (Wildman–Crippen LogP) is 2.31. The topological polar surface area (TPSA) is 37.3 Å². The molecule has 0 aliphatic rings. The third-order valence-electron chi connectivity index (χ3n) is 1.28. The highest BCUT2D eigenvalue weighted by Gasteiger charge is 2.14. The Kier molecular flexibility index (Phi) is 2.60. The quantitative estimate of drug-likeness (QED) is 0.735. The highest BCUT2D eigenvalue weighted by molar-refractivity contribution is 7.13. The molecule has 0 fully saturated rings. The van der Waals surface area contributed by atoms with E-state index in [9.17, 15) is 9.18 Å². The fourth-order valence-corrected chi connectivity index (χ4v) is 1.67. The highest BCUT2D eigenvalue weighted by Crippen LogP contribution is 2.21. The third kappa shape index (κ3) is 1.71. The van der Waals surface area contributed by atoms with Crippen LogP contribution in [0.4, 0.5) is 4.39 Å². The summed E-state index contributed by atoms with van der Waals surface area (Å²) in [5, 5.41) is 8.49. The fraction of sp³-hybridized carbons (Fsp3) is 0.125. The molecule has 0 radical (unpaired) electrons. The van der Waals surface area contributed by atoms with Gasteiger partial charge in [-0.2, -0.15) is 0 Å². The Morgan fingerprint density at radius 2 is 2.50 bits per heavy atom. The Bertz CT molecular complexity index is 317. The van der Waals surface area contributed by atoms with Crippen molar-refractivity contribution in [2.45, 2.75) is 6.42 Å². The second-order valence-corrected chi connectivity index (χ2v) is 3.32. The van der Waals surface area contributed by atoms with E-state index in [1.807, 2.05) is 0 Å². The van der Waals surface area contributed by atoms with Crippen LogP contribution in [0.25, 0.3) is 0 Å². The molecule has 1 rings (SSSR count). The smallest absolute Gasteiger partial charge is 0.348 e. The zero-order valence-electron chi connectivity index (χ0n) is 6.21. The van der Waals surface area contributed by atoms with Gasteiger partial charge in [-0.25, -0.2) is 9.18 Å². The molecule has 0 aliphatic heterocycles. The number of carbonyl (C=O) groups is 1. The number of allylic oxidation sites excluding steroid dienone is 1. The Morgan fingerprint density at radius 3 is 2.92 bits per heavy atom. The molecule has 0 aromatic carbocycles. The summed E-state index contributed by atoms with van der Waals surface area (Å²) in [7, 11) is 0. The van der Waals surface area contributed by atoms with Gasteiger partial charge < -0.3 is 5.11 Å². The van der Waals surface area contributed by atoms with E-state index in [-0.39, 0.29) is 4.88 Å². The molecule has 0 bridgehead atoms. The molecule has 64 valence electrons. The lowest BCUT2D eigenvalue weighted by atomic mass is 10.3. The molecule has 0 saturated heterocycles. The maximum atomic E-state index is 12.8. The van der Waals surface area contributed by atoms with Gasteiger partial charge in [0.2, 0.25) is 0 Å². The van der Waals surface area contributed by atoms with Gasteiger partial charge in [-0.15, -0.1) is 17.9 Å². The molecule has 0 atom stereocenters. The summed E-state index contributed by atoms with van der Waals surface area (Å²) < 4.78 is 12.8. The molecule has 0 amide bonds. The van der Waals surface area contributed by atoms with Crippen molar-refractivity contribution in [3.63, 3.8) is 0 Å². The molecular weight excluding hydrogens is 179 g/mol. The standard InChI is InChI=1S/C8H7FO2S/c1-2-3-5-4-6(9)7(12-5)8(10)11/h2,4H,1,3H2,(H,10,11). The molecule has 1 heterocycles. The van der Waals surface area contributed by atoms with E-state index in [0.29, 0.717) is 11.3 Å². The van der Waals surface area contributed by atoms with Gasteiger partial charge in [-0.1, -0.05) is 6.08 Å². The largest absolute Gasteiger partial charge is 0.477 e. The van der Waals surface area contributed by atoms with Crippen molar-refractivity contribution in [2.24, 2.45) is 0 Å². The molecule has 1 N–H and O–H groups in total. The van der Waals surface area contributed by atoms with Crippen molar-refractivity contribution < 1.29 is 14.3 Å². The number of halogens is 1. The van der Waals surface area contributed by atoms with E-state index >= 15 is 0 Å². The number of carboxylic acid groups (broad SMARTS) is 1. The van der Waals surface area contributed by atoms with Gasteiger partial charge in [0.05, 0.1) is 0 Å². The lowest BCUT2D eigenvalue weighted by molar-refractivity contribution is 0.0698. The van der Waals surface area contributed by atoms with Gasteiger partial charge in [-0.05, 0) is 12.5 Å². The van der Waals surface area contributed by atoms with E-state index in [2.05, 4.69) is 6.58 Å². The van der Waals surface area contributed by atoms with Crippen LogP contribution in [0.5, 0.6) is 0 Å². The van der Waals surface area contributed by atoms with E-state index in [1.54, 1.807) is 6.08 Å². The molecule has 0 saturated carbocycles. The normalized spacial score (nSPS) is 9.75. The lowest BCUT2D eigenvalue weighted by Gasteiger charge is -1.84. The van der Waals surface area contributed by atoms with Crippen LogP contribution in [0.3, 0.4) is 0 Å². The number of carboxylic acids is 1. The molecule has 1 aromatic rings. The summed E-state index contributed by atoms with van der Waals surface area (Å²) in [5.74, 6) is -1.88. The molecule has 0 aliphatic carbocycles.